The predicted octanol–water partition coefficient (Wildman–Crippen LogP) is 4.10. The first kappa shape index (κ1) is 19.1. The second-order valence-electron chi connectivity index (χ2n) is 7.39. The van der Waals surface area contributed by atoms with Gasteiger partial charge in [0, 0.05) is 42.7 Å². The fraction of sp³-hybridized carbons (Fsp3) is 0.292. The average molecular weight is 387 g/mol. The third kappa shape index (κ3) is 4.62. The van der Waals surface area contributed by atoms with Crippen molar-refractivity contribution in [2.24, 2.45) is 0 Å². The summed E-state index contributed by atoms with van der Waals surface area (Å²) < 4.78 is 5.24. The molecule has 29 heavy (non-hydrogen) atoms. The van der Waals surface area contributed by atoms with Crippen molar-refractivity contribution in [2.75, 3.05) is 20.2 Å². The summed E-state index contributed by atoms with van der Waals surface area (Å²) >= 11 is 0. The van der Waals surface area contributed by atoms with Gasteiger partial charge in [-0.05, 0) is 60.9 Å². The predicted molar refractivity (Wildman–Crippen MR) is 113 cm³/mol. The number of benzene rings is 1. The van der Waals surface area contributed by atoms with Crippen LogP contribution in [-0.2, 0) is 11.2 Å². The average Bonchev–Trinajstić information content (AvgIpc) is 2.80. The molecule has 3 heterocycles. The van der Waals surface area contributed by atoms with E-state index in [0.717, 1.165) is 54.2 Å². The lowest BCUT2D eigenvalue weighted by Crippen LogP contribution is -2.40. The summed E-state index contributed by atoms with van der Waals surface area (Å²) in [5.41, 5.74) is 4.02. The molecule has 1 saturated heterocycles. The number of rotatable bonds is 5. The number of likely N-dealkylation sites (tertiary alicyclic amines) is 1. The normalized spacial score (nSPS) is 16.4. The molecule has 1 amide bonds. The largest absolute Gasteiger partial charge is 0.497 e. The number of hydrogen-bond donors (Lipinski definition) is 0. The number of amides is 1. The van der Waals surface area contributed by atoms with Gasteiger partial charge in [-0.2, -0.15) is 0 Å². The number of methoxy groups -OCH3 is 1. The van der Waals surface area contributed by atoms with Crippen LogP contribution in [0.3, 0.4) is 0 Å². The summed E-state index contributed by atoms with van der Waals surface area (Å²) in [7, 11) is 1.66. The summed E-state index contributed by atoms with van der Waals surface area (Å²) in [6.45, 7) is 1.53. The van der Waals surface area contributed by atoms with E-state index in [2.05, 4.69) is 17.1 Å². The van der Waals surface area contributed by atoms with Crippen LogP contribution in [-0.4, -0.2) is 41.0 Å². The Morgan fingerprint density at radius 2 is 2.00 bits per heavy atom. The van der Waals surface area contributed by atoms with Crippen molar-refractivity contribution in [1.82, 2.24) is 14.9 Å². The van der Waals surface area contributed by atoms with Crippen LogP contribution in [0.5, 0.6) is 5.75 Å². The molecule has 0 spiro atoms. The van der Waals surface area contributed by atoms with Crippen LogP contribution < -0.4 is 4.74 Å². The highest BCUT2D eigenvalue weighted by atomic mass is 16.5. The number of ether oxygens (including phenoxy) is 1. The number of nitrogens with zero attached hydrogens (tertiary/aromatic N) is 3. The molecule has 1 aromatic carbocycles. The van der Waals surface area contributed by atoms with E-state index >= 15 is 0 Å². The van der Waals surface area contributed by atoms with Crippen molar-refractivity contribution in [3.8, 4) is 17.0 Å². The Morgan fingerprint density at radius 1 is 1.14 bits per heavy atom. The van der Waals surface area contributed by atoms with Gasteiger partial charge >= 0.3 is 0 Å². The highest BCUT2D eigenvalue weighted by Gasteiger charge is 2.25. The smallest absolute Gasteiger partial charge is 0.227 e. The van der Waals surface area contributed by atoms with E-state index in [0.29, 0.717) is 6.42 Å². The second kappa shape index (κ2) is 8.86. The Balaban J connectivity index is 1.47. The lowest BCUT2D eigenvalue weighted by atomic mass is 9.93. The molecule has 1 aliphatic heterocycles. The molecular formula is C24H25N3O2. The third-order valence-electron chi connectivity index (χ3n) is 5.43. The van der Waals surface area contributed by atoms with Gasteiger partial charge in [0.15, 0.2) is 0 Å². The molecule has 0 radical (unpaired) electrons. The monoisotopic (exact) mass is 387 g/mol. The van der Waals surface area contributed by atoms with Crippen molar-refractivity contribution >= 4 is 5.91 Å². The van der Waals surface area contributed by atoms with Crippen LogP contribution in [0.2, 0.25) is 0 Å². The number of pyridine rings is 2. The zero-order valence-corrected chi connectivity index (χ0v) is 16.6. The van der Waals surface area contributed by atoms with Gasteiger partial charge in [-0.25, -0.2) is 0 Å². The summed E-state index contributed by atoms with van der Waals surface area (Å²) in [5.74, 6) is 1.26. The summed E-state index contributed by atoms with van der Waals surface area (Å²) in [6.07, 6.45) is 5.94. The third-order valence-corrected chi connectivity index (χ3v) is 5.43. The summed E-state index contributed by atoms with van der Waals surface area (Å²) in [6, 6.07) is 17.9. The van der Waals surface area contributed by atoms with Crippen molar-refractivity contribution < 1.29 is 9.53 Å². The fourth-order valence-electron chi connectivity index (χ4n) is 3.84. The lowest BCUT2D eigenvalue weighted by Gasteiger charge is -2.32. The molecule has 3 aromatic rings. The number of carbonyl (C=O) groups excluding carboxylic acids is 1. The maximum atomic E-state index is 12.8. The molecule has 5 heteroatoms. The van der Waals surface area contributed by atoms with Crippen LogP contribution >= 0.6 is 0 Å². The zero-order valence-electron chi connectivity index (χ0n) is 16.6. The maximum absolute atomic E-state index is 12.8. The van der Waals surface area contributed by atoms with Crippen molar-refractivity contribution in [2.45, 2.75) is 25.2 Å². The van der Waals surface area contributed by atoms with E-state index in [1.165, 1.54) is 0 Å². The van der Waals surface area contributed by atoms with E-state index < -0.39 is 0 Å². The zero-order chi connectivity index (χ0) is 20.1. The number of piperidine rings is 1. The van der Waals surface area contributed by atoms with Gasteiger partial charge < -0.3 is 9.64 Å². The molecule has 1 aliphatic rings. The first-order chi connectivity index (χ1) is 14.2. The molecule has 0 unspecified atom stereocenters. The van der Waals surface area contributed by atoms with E-state index in [4.69, 9.17) is 9.72 Å². The standard InChI is InChI=1S/C24H25N3O2/c1-29-21-11-9-19(10-12-21)22-7-2-8-23(26-22)20-6-4-14-27(17-20)24(28)15-18-5-3-13-25-16-18/h2-3,5,7-13,16,20H,4,6,14-15,17H2,1H3/t20-/m0/s1. The van der Waals surface area contributed by atoms with E-state index in [1.807, 2.05) is 47.4 Å². The van der Waals surface area contributed by atoms with Gasteiger partial charge in [-0.3, -0.25) is 14.8 Å². The Labute approximate surface area is 171 Å². The molecule has 148 valence electrons. The van der Waals surface area contributed by atoms with Crippen LogP contribution in [0.1, 0.15) is 30.0 Å². The van der Waals surface area contributed by atoms with Gasteiger partial charge in [-0.1, -0.05) is 12.1 Å². The fourth-order valence-corrected chi connectivity index (χ4v) is 3.84. The van der Waals surface area contributed by atoms with Crippen molar-refractivity contribution in [1.29, 1.82) is 0 Å². The van der Waals surface area contributed by atoms with Crippen LogP contribution in [0.15, 0.2) is 67.0 Å². The quantitative estimate of drug-likeness (QED) is 0.661. The number of aromatic nitrogens is 2. The molecule has 4 rings (SSSR count). The Bertz CT molecular complexity index is 957. The van der Waals surface area contributed by atoms with E-state index in [-0.39, 0.29) is 11.8 Å². The Hall–Kier alpha value is -3.21. The summed E-state index contributed by atoms with van der Waals surface area (Å²) in [4.78, 5) is 23.8. The minimum absolute atomic E-state index is 0.161. The molecule has 0 saturated carbocycles. The minimum atomic E-state index is 0.161. The molecule has 1 fully saturated rings. The molecule has 0 aliphatic carbocycles. The number of carbonyl (C=O) groups is 1. The SMILES string of the molecule is COc1ccc(-c2cccc([C@H]3CCCN(C(=O)Cc4cccnc4)C3)n2)cc1. The maximum Gasteiger partial charge on any atom is 0.227 e. The Morgan fingerprint density at radius 3 is 2.76 bits per heavy atom. The van der Waals surface area contributed by atoms with Crippen LogP contribution in [0, 0.1) is 0 Å². The highest BCUT2D eigenvalue weighted by Crippen LogP contribution is 2.28. The van der Waals surface area contributed by atoms with Crippen LogP contribution in [0.4, 0.5) is 0 Å². The topological polar surface area (TPSA) is 55.3 Å². The minimum Gasteiger partial charge on any atom is -0.497 e. The molecule has 5 nitrogen and oxygen atoms in total. The number of hydrogen-bond acceptors (Lipinski definition) is 4. The van der Waals surface area contributed by atoms with Crippen LogP contribution in [0.25, 0.3) is 11.3 Å². The Kier molecular flexibility index (Phi) is 5.84. The molecular weight excluding hydrogens is 362 g/mol. The van der Waals surface area contributed by atoms with E-state index in [1.54, 1.807) is 19.5 Å². The molecule has 2 aromatic heterocycles. The molecule has 1 atom stereocenters. The highest BCUT2D eigenvalue weighted by molar-refractivity contribution is 5.78. The van der Waals surface area contributed by atoms with Crippen molar-refractivity contribution in [3.63, 3.8) is 0 Å². The van der Waals surface area contributed by atoms with Crippen molar-refractivity contribution in [3.05, 3.63) is 78.2 Å². The van der Waals surface area contributed by atoms with Gasteiger partial charge in [0.2, 0.25) is 5.91 Å². The van der Waals surface area contributed by atoms with E-state index in [9.17, 15) is 4.79 Å². The van der Waals surface area contributed by atoms with Gasteiger partial charge in [0.1, 0.15) is 5.75 Å². The first-order valence-electron chi connectivity index (χ1n) is 10.0. The summed E-state index contributed by atoms with van der Waals surface area (Å²) in [5, 5.41) is 0. The van der Waals surface area contributed by atoms with Gasteiger partial charge in [-0.15, -0.1) is 0 Å². The first-order valence-corrected chi connectivity index (χ1v) is 10.0. The molecule has 0 bridgehead atoms. The lowest BCUT2D eigenvalue weighted by molar-refractivity contribution is -0.131. The van der Waals surface area contributed by atoms with Gasteiger partial charge in [0.25, 0.3) is 0 Å². The second-order valence-corrected chi connectivity index (χ2v) is 7.39. The van der Waals surface area contributed by atoms with Gasteiger partial charge in [0.05, 0.1) is 19.2 Å². The molecule has 0 N–H and O–H groups in total.